The van der Waals surface area contributed by atoms with E-state index in [9.17, 15) is 0 Å². The number of fused-ring (bicyclic) bond motifs is 3. The average molecular weight is 521 g/mol. The van der Waals surface area contributed by atoms with Crippen molar-refractivity contribution in [3.05, 3.63) is 146 Å². The highest BCUT2D eigenvalue weighted by Crippen LogP contribution is 2.44. The molecule has 0 atom stereocenters. The van der Waals surface area contributed by atoms with Crippen molar-refractivity contribution < 1.29 is 0 Å². The van der Waals surface area contributed by atoms with E-state index in [-0.39, 0.29) is 0 Å². The van der Waals surface area contributed by atoms with Crippen molar-refractivity contribution in [2.45, 2.75) is 0 Å². The minimum Gasteiger partial charge on any atom is -0.309 e. The molecule has 0 radical (unpaired) electrons. The van der Waals surface area contributed by atoms with Gasteiger partial charge in [0.15, 0.2) is 0 Å². The molecule has 0 fully saturated rings. The minimum atomic E-state index is 1.13. The highest BCUT2D eigenvalue weighted by atomic mass is 15.0. The summed E-state index contributed by atoms with van der Waals surface area (Å²) >= 11 is 0. The van der Waals surface area contributed by atoms with Crippen molar-refractivity contribution in [3.8, 4) is 27.9 Å². The van der Waals surface area contributed by atoms with Gasteiger partial charge >= 0.3 is 0 Å². The highest BCUT2D eigenvalue weighted by molar-refractivity contribution is 6.28. The van der Waals surface area contributed by atoms with Gasteiger partial charge < -0.3 is 4.57 Å². The van der Waals surface area contributed by atoms with Crippen LogP contribution in [0.3, 0.4) is 0 Å². The van der Waals surface area contributed by atoms with Gasteiger partial charge in [0, 0.05) is 34.4 Å². The van der Waals surface area contributed by atoms with Gasteiger partial charge in [0.25, 0.3) is 0 Å². The molecule has 0 saturated heterocycles. The lowest BCUT2D eigenvalue weighted by atomic mass is 9.86. The van der Waals surface area contributed by atoms with E-state index in [0.29, 0.717) is 0 Å². The van der Waals surface area contributed by atoms with Crippen molar-refractivity contribution in [2.75, 3.05) is 0 Å². The van der Waals surface area contributed by atoms with E-state index in [4.69, 9.17) is 0 Å². The molecule has 0 amide bonds. The van der Waals surface area contributed by atoms with Gasteiger partial charge in [-0.3, -0.25) is 4.98 Å². The van der Waals surface area contributed by atoms with Crippen molar-refractivity contribution >= 4 is 54.1 Å². The fourth-order valence-corrected chi connectivity index (χ4v) is 6.82. The summed E-state index contributed by atoms with van der Waals surface area (Å²) < 4.78 is 2.37. The Morgan fingerprint density at radius 2 is 1.07 bits per heavy atom. The molecule has 9 rings (SSSR count). The fourth-order valence-electron chi connectivity index (χ4n) is 6.82. The molecule has 0 aliphatic rings. The molecule has 0 saturated carbocycles. The number of nitrogens with zero attached hydrogens (tertiary/aromatic N) is 2. The third kappa shape index (κ3) is 3.22. The lowest BCUT2D eigenvalue weighted by Gasteiger charge is -2.18. The van der Waals surface area contributed by atoms with E-state index < -0.39 is 0 Å². The maximum atomic E-state index is 4.46. The first-order valence-electron chi connectivity index (χ1n) is 14.1. The number of hydrogen-bond donors (Lipinski definition) is 0. The monoisotopic (exact) mass is 520 g/mol. The Labute approximate surface area is 237 Å². The van der Waals surface area contributed by atoms with E-state index in [1.807, 2.05) is 18.5 Å². The summed E-state index contributed by atoms with van der Waals surface area (Å²) in [5.74, 6) is 0. The molecule has 190 valence electrons. The van der Waals surface area contributed by atoms with E-state index in [0.717, 1.165) is 11.3 Å². The third-order valence-electron chi connectivity index (χ3n) is 8.63. The molecule has 2 aromatic heterocycles. The summed E-state index contributed by atoms with van der Waals surface area (Å²) in [5.41, 5.74) is 8.40. The summed E-state index contributed by atoms with van der Waals surface area (Å²) in [4.78, 5) is 4.46. The number of para-hydroxylation sites is 2. The van der Waals surface area contributed by atoms with Crippen LogP contribution in [-0.4, -0.2) is 9.55 Å². The second-order valence-electron chi connectivity index (χ2n) is 10.8. The summed E-state index contributed by atoms with van der Waals surface area (Å²) in [6.07, 6.45) is 3.81. The Morgan fingerprint density at radius 3 is 1.71 bits per heavy atom. The van der Waals surface area contributed by atoms with Crippen molar-refractivity contribution in [1.82, 2.24) is 9.55 Å². The van der Waals surface area contributed by atoms with Crippen LogP contribution in [0.5, 0.6) is 0 Å². The van der Waals surface area contributed by atoms with Gasteiger partial charge in [-0.25, -0.2) is 0 Å². The molecule has 9 aromatic rings. The lowest BCUT2D eigenvalue weighted by molar-refractivity contribution is 1.18. The van der Waals surface area contributed by atoms with E-state index in [1.54, 1.807) is 0 Å². The zero-order valence-corrected chi connectivity index (χ0v) is 22.3. The van der Waals surface area contributed by atoms with Crippen LogP contribution in [0.25, 0.3) is 82.1 Å². The molecule has 2 heterocycles. The van der Waals surface area contributed by atoms with E-state index in [2.05, 4.69) is 137 Å². The van der Waals surface area contributed by atoms with Crippen molar-refractivity contribution in [3.63, 3.8) is 0 Å². The van der Waals surface area contributed by atoms with Gasteiger partial charge in [0.2, 0.25) is 0 Å². The molecule has 0 spiro atoms. The summed E-state index contributed by atoms with van der Waals surface area (Å²) in [7, 11) is 0. The molecule has 0 bridgehead atoms. The van der Waals surface area contributed by atoms with Gasteiger partial charge in [-0.1, -0.05) is 97.1 Å². The van der Waals surface area contributed by atoms with Gasteiger partial charge in [-0.15, -0.1) is 0 Å². The molecule has 2 nitrogen and oxygen atoms in total. The van der Waals surface area contributed by atoms with Crippen LogP contribution < -0.4 is 0 Å². The SMILES string of the molecule is c1cncc(-c2cc(-c3ccc(-n4c5ccccc5c5ccccc54)cc3)c3ccc4cccc5ccc2c3c45)c1. The quantitative estimate of drug-likeness (QED) is 0.212. The van der Waals surface area contributed by atoms with Gasteiger partial charge in [0.1, 0.15) is 0 Å². The first-order valence-corrected chi connectivity index (χ1v) is 14.1. The Kier molecular flexibility index (Phi) is 4.64. The molecule has 0 aliphatic carbocycles. The largest absolute Gasteiger partial charge is 0.309 e. The average Bonchev–Trinajstić information content (AvgIpc) is 3.38. The number of hydrogen-bond acceptors (Lipinski definition) is 1. The third-order valence-corrected chi connectivity index (χ3v) is 8.63. The fraction of sp³-hybridized carbons (Fsp3) is 0. The molecular weight excluding hydrogens is 496 g/mol. The molecule has 2 heteroatoms. The molecule has 0 N–H and O–H groups in total. The maximum absolute atomic E-state index is 4.46. The number of pyridine rings is 1. The first kappa shape index (κ1) is 22.4. The summed E-state index contributed by atoms with van der Waals surface area (Å²) in [6, 6.07) is 48.6. The normalized spacial score (nSPS) is 11.9. The second kappa shape index (κ2) is 8.51. The topological polar surface area (TPSA) is 17.8 Å². The van der Waals surface area contributed by atoms with Crippen LogP contribution >= 0.6 is 0 Å². The van der Waals surface area contributed by atoms with Crippen molar-refractivity contribution in [1.29, 1.82) is 0 Å². The summed E-state index contributed by atoms with van der Waals surface area (Å²) in [5, 5.41) is 10.3. The smallest absolute Gasteiger partial charge is 0.0541 e. The second-order valence-corrected chi connectivity index (χ2v) is 10.8. The Morgan fingerprint density at radius 1 is 0.439 bits per heavy atom. The number of aromatic nitrogens is 2. The Bertz CT molecular complexity index is 2330. The first-order chi connectivity index (χ1) is 20.3. The summed E-state index contributed by atoms with van der Waals surface area (Å²) in [6.45, 7) is 0. The van der Waals surface area contributed by atoms with Crippen LogP contribution in [0.1, 0.15) is 0 Å². The predicted molar refractivity (Wildman–Crippen MR) is 173 cm³/mol. The maximum Gasteiger partial charge on any atom is 0.0541 e. The van der Waals surface area contributed by atoms with Gasteiger partial charge in [-0.05, 0) is 85.4 Å². The van der Waals surface area contributed by atoms with Gasteiger partial charge in [0.05, 0.1) is 11.0 Å². The number of rotatable bonds is 3. The Hall–Kier alpha value is -5.47. The molecule has 41 heavy (non-hydrogen) atoms. The molecular formula is C39H24N2. The minimum absolute atomic E-state index is 1.13. The van der Waals surface area contributed by atoms with Crippen LogP contribution in [0.4, 0.5) is 0 Å². The molecule has 0 aliphatic heterocycles. The zero-order chi connectivity index (χ0) is 26.9. The molecule has 0 unspecified atom stereocenters. The zero-order valence-electron chi connectivity index (χ0n) is 22.3. The van der Waals surface area contributed by atoms with Crippen molar-refractivity contribution in [2.24, 2.45) is 0 Å². The van der Waals surface area contributed by atoms with Gasteiger partial charge in [-0.2, -0.15) is 0 Å². The van der Waals surface area contributed by atoms with Crippen LogP contribution in [0, 0.1) is 0 Å². The van der Waals surface area contributed by atoms with Crippen LogP contribution in [-0.2, 0) is 0 Å². The number of benzene rings is 7. The highest BCUT2D eigenvalue weighted by Gasteiger charge is 2.17. The van der Waals surface area contributed by atoms with E-state index >= 15 is 0 Å². The standard InChI is InChI=1S/C39H24N2/c1-3-12-36-30(10-1)31-11-2-4-13-37(31)41(36)29-18-14-25(15-19-29)34-23-35(28-9-6-22-40-24-28)33-21-17-27-8-5-7-26-16-20-32(34)39(33)38(26)27/h1-24H. The van der Waals surface area contributed by atoms with E-state index in [1.165, 1.54) is 70.8 Å². The van der Waals surface area contributed by atoms with Crippen LogP contribution in [0.15, 0.2) is 146 Å². The lowest BCUT2D eigenvalue weighted by Crippen LogP contribution is -1.94. The molecule has 7 aromatic carbocycles. The predicted octanol–water partition coefficient (Wildman–Crippen LogP) is 10.4. The Balaban J connectivity index is 1.31. The van der Waals surface area contributed by atoms with Crippen LogP contribution in [0.2, 0.25) is 0 Å².